The predicted octanol–water partition coefficient (Wildman–Crippen LogP) is 4.63. The summed E-state index contributed by atoms with van der Waals surface area (Å²) in [4.78, 5) is 23.1. The lowest BCUT2D eigenvalue weighted by molar-refractivity contribution is -0.385. The summed E-state index contributed by atoms with van der Waals surface area (Å²) in [7, 11) is 0. The number of nitro benzene ring substituents is 1. The molecule has 1 atom stereocenters. The molecular weight excluding hydrogens is 370 g/mol. The molecule has 1 aromatic heterocycles. The molecule has 1 heterocycles. The molecule has 1 aromatic carbocycles. The second kappa shape index (κ2) is 7.32. The van der Waals surface area contributed by atoms with Crippen LogP contribution in [0.2, 0.25) is 0 Å². The van der Waals surface area contributed by atoms with Crippen LogP contribution >= 0.6 is 23.6 Å². The number of fused-ring (bicyclic) bond motifs is 1. The number of benzene rings is 1. The van der Waals surface area contributed by atoms with Gasteiger partial charge in [-0.2, -0.15) is 5.26 Å². The minimum absolute atomic E-state index is 0.0501. The quantitative estimate of drug-likeness (QED) is 0.472. The Bertz CT molecular complexity index is 1010. The van der Waals surface area contributed by atoms with Gasteiger partial charge < -0.3 is 5.32 Å². The topological polar surface area (TPSA) is 96.0 Å². The molecule has 0 bridgehead atoms. The molecule has 0 spiro atoms. The van der Waals surface area contributed by atoms with Crippen molar-refractivity contribution in [1.29, 1.82) is 5.26 Å². The standard InChI is InChI=1S/C18H15N3O3S2/c1-10-6-7-11-13(8-10)18(25)26-17(14(11)9-19)20-16(22)12-4-2-3-5-15(12)21(23)24/h2-5,10H,6-8H2,1H3,(H,20,22). The Balaban J connectivity index is 2.03. The average molecular weight is 385 g/mol. The van der Waals surface area contributed by atoms with Gasteiger partial charge in [-0.15, -0.1) is 11.3 Å². The second-order valence-electron chi connectivity index (χ2n) is 6.24. The Kier molecular flexibility index (Phi) is 5.11. The van der Waals surface area contributed by atoms with E-state index in [4.69, 9.17) is 12.2 Å². The molecule has 3 rings (SSSR count). The molecule has 1 amide bonds. The maximum atomic E-state index is 12.6. The van der Waals surface area contributed by atoms with Gasteiger partial charge in [0.15, 0.2) is 0 Å². The first-order chi connectivity index (χ1) is 12.4. The van der Waals surface area contributed by atoms with Gasteiger partial charge in [0.2, 0.25) is 0 Å². The van der Waals surface area contributed by atoms with Crippen LogP contribution in [0.15, 0.2) is 24.3 Å². The first kappa shape index (κ1) is 18.2. The smallest absolute Gasteiger partial charge is 0.282 e. The van der Waals surface area contributed by atoms with Crippen LogP contribution in [0.3, 0.4) is 0 Å². The summed E-state index contributed by atoms with van der Waals surface area (Å²) in [5.41, 5.74) is 2.00. The van der Waals surface area contributed by atoms with E-state index in [-0.39, 0.29) is 11.3 Å². The molecule has 8 heteroatoms. The third-order valence-corrected chi connectivity index (χ3v) is 5.90. The third kappa shape index (κ3) is 3.36. The maximum Gasteiger partial charge on any atom is 0.282 e. The highest BCUT2D eigenvalue weighted by Gasteiger charge is 2.25. The van der Waals surface area contributed by atoms with Gasteiger partial charge in [-0.1, -0.05) is 31.3 Å². The van der Waals surface area contributed by atoms with Crippen molar-refractivity contribution in [3.8, 4) is 6.07 Å². The zero-order valence-corrected chi connectivity index (χ0v) is 15.6. The Morgan fingerprint density at radius 3 is 2.85 bits per heavy atom. The highest BCUT2D eigenvalue weighted by atomic mass is 32.1. The highest BCUT2D eigenvalue weighted by molar-refractivity contribution is 7.73. The largest absolute Gasteiger partial charge is 0.312 e. The number of hydrogen-bond acceptors (Lipinski definition) is 6. The van der Waals surface area contributed by atoms with Crippen LogP contribution in [0.4, 0.5) is 10.7 Å². The summed E-state index contributed by atoms with van der Waals surface area (Å²) in [6, 6.07) is 7.90. The van der Waals surface area contributed by atoms with Crippen LogP contribution in [0.25, 0.3) is 0 Å². The number of nitro groups is 1. The van der Waals surface area contributed by atoms with E-state index < -0.39 is 10.8 Å². The van der Waals surface area contributed by atoms with E-state index in [9.17, 15) is 20.2 Å². The zero-order valence-electron chi connectivity index (χ0n) is 13.9. The third-order valence-electron chi connectivity index (χ3n) is 4.46. The minimum atomic E-state index is -0.622. The van der Waals surface area contributed by atoms with Gasteiger partial charge in [-0.3, -0.25) is 14.9 Å². The van der Waals surface area contributed by atoms with Gasteiger partial charge in [0.25, 0.3) is 11.6 Å². The van der Waals surface area contributed by atoms with Gasteiger partial charge in [0.05, 0.1) is 14.3 Å². The molecule has 132 valence electrons. The Hall–Kier alpha value is -2.63. The van der Waals surface area contributed by atoms with Gasteiger partial charge in [-0.05, 0) is 42.4 Å². The molecule has 26 heavy (non-hydrogen) atoms. The number of carbonyl (C=O) groups excluding carboxylic acids is 1. The molecular formula is C18H15N3O3S2. The monoisotopic (exact) mass is 385 g/mol. The number of rotatable bonds is 3. The Morgan fingerprint density at radius 1 is 1.42 bits per heavy atom. The second-order valence-corrected chi connectivity index (χ2v) is 7.93. The van der Waals surface area contributed by atoms with Gasteiger partial charge in [0.1, 0.15) is 16.6 Å². The molecule has 0 saturated carbocycles. The molecule has 0 aliphatic heterocycles. The highest BCUT2D eigenvalue weighted by Crippen LogP contribution is 2.36. The number of nitrogens with one attached hydrogen (secondary N) is 1. The average Bonchev–Trinajstić information content (AvgIpc) is 2.62. The lowest BCUT2D eigenvalue weighted by Crippen LogP contribution is -2.17. The van der Waals surface area contributed by atoms with Gasteiger partial charge in [0, 0.05) is 6.07 Å². The minimum Gasteiger partial charge on any atom is -0.312 e. The summed E-state index contributed by atoms with van der Waals surface area (Å²) in [6.07, 6.45) is 2.53. The zero-order chi connectivity index (χ0) is 18.8. The summed E-state index contributed by atoms with van der Waals surface area (Å²) < 4.78 is 0.656. The summed E-state index contributed by atoms with van der Waals surface area (Å²) in [5.74, 6) is -0.112. The first-order valence-electron chi connectivity index (χ1n) is 8.06. The van der Waals surface area contributed by atoms with Crippen molar-refractivity contribution in [2.24, 2.45) is 5.92 Å². The van der Waals surface area contributed by atoms with E-state index in [2.05, 4.69) is 18.3 Å². The van der Waals surface area contributed by atoms with Crippen molar-refractivity contribution in [3.05, 3.63) is 60.5 Å². The molecule has 1 aliphatic rings. The van der Waals surface area contributed by atoms with Crippen molar-refractivity contribution in [2.45, 2.75) is 26.2 Å². The van der Waals surface area contributed by atoms with E-state index in [1.54, 1.807) is 6.07 Å². The SMILES string of the molecule is CC1CCc2c(C#N)c(NC(=O)c3ccccc3[N+](=O)[O-])sc(=S)c2C1. The van der Waals surface area contributed by atoms with E-state index in [0.29, 0.717) is 20.3 Å². The van der Waals surface area contributed by atoms with E-state index in [1.165, 1.54) is 29.5 Å². The summed E-state index contributed by atoms with van der Waals surface area (Å²) >= 11 is 6.65. The molecule has 2 aromatic rings. The number of nitriles is 1. The number of nitrogens with zero attached hydrogens (tertiary/aromatic N) is 2. The fourth-order valence-electron chi connectivity index (χ4n) is 3.14. The van der Waals surface area contributed by atoms with Crippen LogP contribution < -0.4 is 5.32 Å². The Morgan fingerprint density at radius 2 is 2.15 bits per heavy atom. The van der Waals surface area contributed by atoms with E-state index in [1.807, 2.05) is 0 Å². The molecule has 0 fully saturated rings. The number of hydrogen-bond donors (Lipinski definition) is 1. The van der Waals surface area contributed by atoms with Gasteiger partial charge >= 0.3 is 0 Å². The summed E-state index contributed by atoms with van der Waals surface area (Å²) in [6.45, 7) is 2.15. The van der Waals surface area contributed by atoms with Crippen LogP contribution in [-0.2, 0) is 12.8 Å². The van der Waals surface area contributed by atoms with Gasteiger partial charge in [-0.25, -0.2) is 0 Å². The first-order valence-corrected chi connectivity index (χ1v) is 9.28. The van der Waals surface area contributed by atoms with Crippen LogP contribution in [0.1, 0.15) is 40.4 Å². The molecule has 6 nitrogen and oxygen atoms in total. The van der Waals surface area contributed by atoms with Crippen molar-refractivity contribution in [1.82, 2.24) is 0 Å². The summed E-state index contributed by atoms with van der Waals surface area (Å²) in [5, 5.41) is 23.8. The molecule has 0 radical (unpaired) electrons. The maximum absolute atomic E-state index is 12.6. The lowest BCUT2D eigenvalue weighted by Gasteiger charge is -2.23. The number of anilines is 1. The van der Waals surface area contributed by atoms with Crippen molar-refractivity contribution in [2.75, 3.05) is 5.32 Å². The van der Waals surface area contributed by atoms with Crippen molar-refractivity contribution in [3.63, 3.8) is 0 Å². The normalized spacial score (nSPS) is 15.6. The molecule has 1 N–H and O–H groups in total. The molecule has 1 aliphatic carbocycles. The Labute approximate surface area is 159 Å². The van der Waals surface area contributed by atoms with Crippen molar-refractivity contribution < 1.29 is 9.72 Å². The number of carbonyl (C=O) groups is 1. The molecule has 1 unspecified atom stereocenters. The lowest BCUT2D eigenvalue weighted by atomic mass is 9.85. The number of para-hydroxylation sites is 1. The van der Waals surface area contributed by atoms with Crippen molar-refractivity contribution >= 4 is 40.2 Å². The van der Waals surface area contributed by atoms with E-state index in [0.717, 1.165) is 30.4 Å². The van der Waals surface area contributed by atoms with Crippen LogP contribution in [0.5, 0.6) is 0 Å². The number of amides is 1. The predicted molar refractivity (Wildman–Crippen MR) is 102 cm³/mol. The van der Waals surface area contributed by atoms with Crippen LogP contribution in [0, 0.1) is 31.2 Å². The molecule has 0 saturated heterocycles. The fourth-order valence-corrected chi connectivity index (χ4v) is 4.53. The fraction of sp³-hybridized carbons (Fsp3) is 0.278. The van der Waals surface area contributed by atoms with Crippen LogP contribution in [-0.4, -0.2) is 10.8 Å². The van der Waals surface area contributed by atoms with E-state index >= 15 is 0 Å².